The molecule has 2 heterocycles. The monoisotopic (exact) mass is 519 g/mol. The minimum Gasteiger partial charge on any atom is -0.448 e. The van der Waals surface area contributed by atoms with Gasteiger partial charge in [-0.3, -0.25) is 4.79 Å². The predicted molar refractivity (Wildman–Crippen MR) is 114 cm³/mol. The molecule has 0 unspecified atom stereocenters. The fraction of sp³-hybridized carbons (Fsp3) is 0. The van der Waals surface area contributed by atoms with Crippen molar-refractivity contribution >= 4 is 55.6 Å². The maximum Gasteiger partial charge on any atom is 0.282 e. The van der Waals surface area contributed by atoms with Gasteiger partial charge in [-0.2, -0.15) is 9.78 Å². The maximum atomic E-state index is 13.0. The largest absolute Gasteiger partial charge is 0.448 e. The van der Waals surface area contributed by atoms with Gasteiger partial charge in [0.05, 0.1) is 21.6 Å². The van der Waals surface area contributed by atoms with Crippen molar-refractivity contribution in [3.05, 3.63) is 85.0 Å². The van der Waals surface area contributed by atoms with Crippen LogP contribution in [0.2, 0.25) is 0 Å². The highest BCUT2D eigenvalue weighted by atomic mass is 127. The number of rotatable bonds is 3. The van der Waals surface area contributed by atoms with Crippen molar-refractivity contribution in [3.8, 4) is 11.4 Å². The van der Waals surface area contributed by atoms with E-state index < -0.39 is 0 Å². The Morgan fingerprint density at radius 2 is 1.85 bits per heavy atom. The molecule has 0 saturated heterocycles. The van der Waals surface area contributed by atoms with Gasteiger partial charge >= 0.3 is 0 Å². The number of nitrogens with zero attached hydrogens (tertiary/aromatic N) is 3. The van der Waals surface area contributed by atoms with Crippen LogP contribution in [0.1, 0.15) is 5.76 Å². The van der Waals surface area contributed by atoms with E-state index in [0.717, 1.165) is 13.8 Å². The van der Waals surface area contributed by atoms with Gasteiger partial charge in [0.25, 0.3) is 5.56 Å². The minimum absolute atomic E-state index is 0.231. The zero-order chi connectivity index (χ0) is 18.1. The third-order valence-corrected chi connectivity index (χ3v) is 5.88. The number of hydrogen-bond donors (Lipinski definition) is 0. The lowest BCUT2D eigenvalue weighted by atomic mass is 10.2. The Morgan fingerprint density at radius 1 is 1.12 bits per heavy atom. The molecule has 0 bridgehead atoms. The molecule has 0 saturated carbocycles. The summed E-state index contributed by atoms with van der Waals surface area (Å²) in [5.74, 6) is 1.02. The van der Waals surface area contributed by atoms with E-state index in [1.807, 2.05) is 48.5 Å². The van der Waals surface area contributed by atoms with E-state index in [2.05, 4.69) is 48.6 Å². The van der Waals surface area contributed by atoms with Crippen LogP contribution >= 0.6 is 38.5 Å². The van der Waals surface area contributed by atoms with Crippen molar-refractivity contribution in [1.29, 1.82) is 0 Å². The number of benzene rings is 2. The highest BCUT2D eigenvalue weighted by Crippen LogP contribution is 2.22. The maximum absolute atomic E-state index is 13.0. The lowest BCUT2D eigenvalue weighted by molar-refractivity contribution is 0.529. The Balaban J connectivity index is 1.94. The molecule has 2 aromatic heterocycles. The Morgan fingerprint density at radius 3 is 2.58 bits per heavy atom. The highest BCUT2D eigenvalue weighted by Gasteiger charge is 2.12. The first-order chi connectivity index (χ1) is 12.6. The van der Waals surface area contributed by atoms with Gasteiger partial charge in [-0.25, -0.2) is 4.98 Å². The van der Waals surface area contributed by atoms with Gasteiger partial charge in [0.2, 0.25) is 0 Å². The molecule has 0 spiro atoms. The van der Waals surface area contributed by atoms with Gasteiger partial charge in [-0.15, -0.1) is 0 Å². The molecule has 5 nitrogen and oxygen atoms in total. The lowest BCUT2D eigenvalue weighted by Crippen LogP contribution is -2.20. The van der Waals surface area contributed by atoms with Crippen LogP contribution in [0.15, 0.2) is 79.4 Å². The summed E-state index contributed by atoms with van der Waals surface area (Å²) in [5, 5.41) is 4.87. The molecule has 0 aliphatic heterocycles. The number of furan rings is 1. The zero-order valence-electron chi connectivity index (χ0n) is 13.3. The van der Waals surface area contributed by atoms with E-state index in [1.54, 1.807) is 12.1 Å². The Labute approximate surface area is 170 Å². The summed E-state index contributed by atoms with van der Waals surface area (Å²) in [7, 11) is 0. The minimum atomic E-state index is -0.231. The predicted octanol–water partition coefficient (Wildman–Crippen LogP) is 4.91. The van der Waals surface area contributed by atoms with Crippen LogP contribution in [0.25, 0.3) is 22.3 Å². The molecular formula is C19H11BrIN3O2. The number of halogens is 2. The summed E-state index contributed by atoms with van der Waals surface area (Å²) in [6.45, 7) is 0. The number of aromatic nitrogens is 2. The number of para-hydroxylation sites is 1. The topological polar surface area (TPSA) is 60.4 Å². The normalized spacial score (nSPS) is 11.5. The van der Waals surface area contributed by atoms with Crippen molar-refractivity contribution in [1.82, 2.24) is 9.66 Å². The van der Waals surface area contributed by atoms with E-state index in [4.69, 9.17) is 4.42 Å². The fourth-order valence-corrected chi connectivity index (χ4v) is 3.26. The molecule has 0 radical (unpaired) electrons. The van der Waals surface area contributed by atoms with Gasteiger partial charge in [-0.05, 0) is 28.1 Å². The third kappa shape index (κ3) is 3.24. The molecule has 0 N–H and O–H groups in total. The molecule has 4 rings (SSSR count). The van der Waals surface area contributed by atoms with Crippen LogP contribution in [0.3, 0.4) is 0 Å². The summed E-state index contributed by atoms with van der Waals surface area (Å²) in [5.41, 5.74) is 1.21. The summed E-state index contributed by atoms with van der Waals surface area (Å²) in [6.07, 6.45) is 1.51. The average Bonchev–Trinajstić information content (AvgIpc) is 2.99. The molecular weight excluding hydrogens is 509 g/mol. The van der Waals surface area contributed by atoms with Crippen molar-refractivity contribution in [3.63, 3.8) is 0 Å². The first-order valence-corrected chi connectivity index (χ1v) is 9.57. The molecule has 0 fully saturated rings. The van der Waals surface area contributed by atoms with Gasteiger partial charge in [0.15, 0.2) is 9.59 Å². The van der Waals surface area contributed by atoms with Gasteiger partial charge in [-0.1, -0.05) is 42.5 Å². The van der Waals surface area contributed by atoms with Crippen LogP contribution in [0.4, 0.5) is 0 Å². The molecule has 128 valence electrons. The van der Waals surface area contributed by atoms with Crippen LogP contribution in [0, 0.1) is 3.77 Å². The van der Waals surface area contributed by atoms with Crippen molar-refractivity contribution < 1.29 is 4.42 Å². The van der Waals surface area contributed by atoms with Crippen molar-refractivity contribution in [2.45, 2.75) is 0 Å². The van der Waals surface area contributed by atoms with E-state index in [-0.39, 0.29) is 5.56 Å². The SMILES string of the molecule is O=c1c2ccccc2nc(-c2ccccc2)n1N=Cc1cc(Br)c(I)o1. The van der Waals surface area contributed by atoms with Crippen molar-refractivity contribution in [2.24, 2.45) is 5.10 Å². The number of fused-ring (bicyclic) bond motifs is 1. The van der Waals surface area contributed by atoms with E-state index in [9.17, 15) is 4.79 Å². The highest BCUT2D eigenvalue weighted by molar-refractivity contribution is 14.1. The second kappa shape index (κ2) is 7.16. The smallest absolute Gasteiger partial charge is 0.282 e. The molecule has 0 aliphatic rings. The van der Waals surface area contributed by atoms with E-state index in [1.165, 1.54) is 10.9 Å². The molecule has 0 amide bonds. The quantitative estimate of drug-likeness (QED) is 0.285. The van der Waals surface area contributed by atoms with Gasteiger partial charge in [0, 0.05) is 34.2 Å². The standard InChI is InChI=1S/C19H11BrIN3O2/c20-15-10-13(26-17(15)21)11-22-24-18(12-6-2-1-3-7-12)23-16-9-5-4-8-14(16)19(24)25/h1-11H. The summed E-state index contributed by atoms with van der Waals surface area (Å²) in [6, 6.07) is 18.6. The van der Waals surface area contributed by atoms with E-state index >= 15 is 0 Å². The van der Waals surface area contributed by atoms with Gasteiger partial charge in [0.1, 0.15) is 5.76 Å². The first-order valence-electron chi connectivity index (χ1n) is 7.70. The fourth-order valence-electron chi connectivity index (χ4n) is 2.55. The van der Waals surface area contributed by atoms with Crippen LogP contribution < -0.4 is 5.56 Å². The van der Waals surface area contributed by atoms with Crippen molar-refractivity contribution in [2.75, 3.05) is 0 Å². The second-order valence-corrected chi connectivity index (χ2v) is 7.28. The molecule has 7 heteroatoms. The average molecular weight is 520 g/mol. The Hall–Kier alpha value is -2.26. The van der Waals surface area contributed by atoms with Crippen LogP contribution in [-0.4, -0.2) is 15.9 Å². The zero-order valence-corrected chi connectivity index (χ0v) is 17.0. The van der Waals surface area contributed by atoms with E-state index in [0.29, 0.717) is 22.5 Å². The summed E-state index contributed by atoms with van der Waals surface area (Å²) < 4.78 is 8.43. The second-order valence-electron chi connectivity index (χ2n) is 5.45. The lowest BCUT2D eigenvalue weighted by Gasteiger charge is -2.09. The molecule has 0 aliphatic carbocycles. The first kappa shape index (κ1) is 17.2. The molecule has 2 aromatic carbocycles. The Kier molecular flexibility index (Phi) is 4.73. The van der Waals surface area contributed by atoms with Crippen LogP contribution in [-0.2, 0) is 0 Å². The Bertz CT molecular complexity index is 1160. The number of hydrogen-bond acceptors (Lipinski definition) is 4. The summed E-state index contributed by atoms with van der Waals surface area (Å²) >= 11 is 5.47. The summed E-state index contributed by atoms with van der Waals surface area (Å²) in [4.78, 5) is 17.6. The third-order valence-electron chi connectivity index (χ3n) is 3.75. The molecule has 26 heavy (non-hydrogen) atoms. The van der Waals surface area contributed by atoms with Crippen LogP contribution in [0.5, 0.6) is 0 Å². The molecule has 4 aromatic rings. The van der Waals surface area contributed by atoms with Gasteiger partial charge < -0.3 is 4.42 Å². The molecule has 0 atom stereocenters.